The highest BCUT2D eigenvalue weighted by atomic mass is 16.2. The van der Waals surface area contributed by atoms with Crippen molar-refractivity contribution in [2.75, 3.05) is 6.54 Å². The standard InChI is InChI=1S/C13H20N4O2/c1-5-11(18)14-7-6-12(19)16-13(2,3)10-8-15-17(4)9-10/h5,8-9H,1,6-7H2,2-4H3,(H,14,18)(H,16,19). The van der Waals surface area contributed by atoms with Gasteiger partial charge >= 0.3 is 0 Å². The van der Waals surface area contributed by atoms with Crippen LogP contribution in [0.4, 0.5) is 0 Å². The van der Waals surface area contributed by atoms with E-state index in [4.69, 9.17) is 0 Å². The summed E-state index contributed by atoms with van der Waals surface area (Å²) in [4.78, 5) is 22.7. The molecule has 0 bridgehead atoms. The first kappa shape index (κ1) is 14.9. The van der Waals surface area contributed by atoms with Crippen molar-refractivity contribution >= 4 is 11.8 Å². The van der Waals surface area contributed by atoms with Crippen molar-refractivity contribution in [3.63, 3.8) is 0 Å². The number of carbonyl (C=O) groups is 2. The van der Waals surface area contributed by atoms with E-state index in [2.05, 4.69) is 22.3 Å². The third kappa shape index (κ3) is 4.57. The molecule has 0 aromatic carbocycles. The van der Waals surface area contributed by atoms with Gasteiger partial charge in [-0.15, -0.1) is 0 Å². The first-order valence-corrected chi connectivity index (χ1v) is 6.05. The van der Waals surface area contributed by atoms with Gasteiger partial charge < -0.3 is 10.6 Å². The van der Waals surface area contributed by atoms with Crippen molar-refractivity contribution in [3.05, 3.63) is 30.6 Å². The minimum atomic E-state index is -0.492. The molecule has 0 saturated heterocycles. The molecule has 2 N–H and O–H groups in total. The largest absolute Gasteiger partial charge is 0.352 e. The summed E-state index contributed by atoms with van der Waals surface area (Å²) in [6, 6.07) is 0. The molecule has 0 saturated carbocycles. The molecule has 0 spiro atoms. The third-order valence-electron chi connectivity index (χ3n) is 2.72. The van der Waals surface area contributed by atoms with E-state index in [0.29, 0.717) is 6.54 Å². The molecule has 2 amide bonds. The number of aryl methyl sites for hydroxylation is 1. The number of hydrogen-bond acceptors (Lipinski definition) is 3. The molecule has 6 heteroatoms. The van der Waals surface area contributed by atoms with Gasteiger partial charge in [0, 0.05) is 31.8 Å². The Labute approximate surface area is 112 Å². The lowest BCUT2D eigenvalue weighted by atomic mass is 9.97. The summed E-state index contributed by atoms with van der Waals surface area (Å²) in [6.07, 6.45) is 4.99. The maximum atomic E-state index is 11.8. The third-order valence-corrected chi connectivity index (χ3v) is 2.72. The second-order valence-corrected chi connectivity index (χ2v) is 4.82. The average molecular weight is 264 g/mol. The van der Waals surface area contributed by atoms with Crippen LogP contribution in [-0.2, 0) is 22.2 Å². The van der Waals surface area contributed by atoms with Crippen LogP contribution in [-0.4, -0.2) is 28.1 Å². The fraction of sp³-hybridized carbons (Fsp3) is 0.462. The molecule has 1 rings (SSSR count). The van der Waals surface area contributed by atoms with E-state index in [9.17, 15) is 9.59 Å². The highest BCUT2D eigenvalue weighted by Gasteiger charge is 2.23. The fourth-order valence-corrected chi connectivity index (χ4v) is 1.60. The SMILES string of the molecule is C=CC(=O)NCCC(=O)NC(C)(C)c1cnn(C)c1. The molecular formula is C13H20N4O2. The number of amides is 2. The van der Waals surface area contributed by atoms with E-state index in [-0.39, 0.29) is 18.2 Å². The van der Waals surface area contributed by atoms with Crippen LogP contribution in [0.1, 0.15) is 25.8 Å². The Kier molecular flexibility index (Phi) is 4.86. The van der Waals surface area contributed by atoms with E-state index in [1.54, 1.807) is 10.9 Å². The van der Waals surface area contributed by atoms with Crippen LogP contribution in [0.15, 0.2) is 25.0 Å². The fourth-order valence-electron chi connectivity index (χ4n) is 1.60. The highest BCUT2D eigenvalue weighted by Crippen LogP contribution is 2.18. The van der Waals surface area contributed by atoms with Crippen LogP contribution in [0.2, 0.25) is 0 Å². The van der Waals surface area contributed by atoms with E-state index in [1.165, 1.54) is 6.08 Å². The second kappa shape index (κ2) is 6.17. The van der Waals surface area contributed by atoms with Gasteiger partial charge in [0.2, 0.25) is 11.8 Å². The predicted molar refractivity (Wildman–Crippen MR) is 72.2 cm³/mol. The summed E-state index contributed by atoms with van der Waals surface area (Å²) in [5, 5.41) is 9.55. The van der Waals surface area contributed by atoms with Gasteiger partial charge in [-0.2, -0.15) is 5.10 Å². The predicted octanol–water partition coefficient (Wildman–Crippen LogP) is 0.464. The number of nitrogens with one attached hydrogen (secondary N) is 2. The Bertz CT molecular complexity index is 477. The van der Waals surface area contributed by atoms with Crippen molar-refractivity contribution in [2.45, 2.75) is 25.8 Å². The molecule has 1 aromatic rings. The van der Waals surface area contributed by atoms with E-state index in [0.717, 1.165) is 5.56 Å². The number of rotatable bonds is 6. The van der Waals surface area contributed by atoms with Crippen molar-refractivity contribution in [1.29, 1.82) is 0 Å². The van der Waals surface area contributed by atoms with Crippen LogP contribution < -0.4 is 10.6 Å². The normalized spacial score (nSPS) is 10.9. The second-order valence-electron chi connectivity index (χ2n) is 4.82. The van der Waals surface area contributed by atoms with Crippen LogP contribution in [0.25, 0.3) is 0 Å². The summed E-state index contributed by atoms with van der Waals surface area (Å²) in [5.74, 6) is -0.405. The minimum absolute atomic E-state index is 0.127. The monoisotopic (exact) mass is 264 g/mol. The Morgan fingerprint density at radius 1 is 1.53 bits per heavy atom. The molecule has 0 atom stereocenters. The highest BCUT2D eigenvalue weighted by molar-refractivity contribution is 5.87. The maximum Gasteiger partial charge on any atom is 0.243 e. The topological polar surface area (TPSA) is 76.0 Å². The quantitative estimate of drug-likeness (QED) is 0.733. The lowest BCUT2D eigenvalue weighted by molar-refractivity contribution is -0.122. The summed E-state index contributed by atoms with van der Waals surface area (Å²) < 4.78 is 1.69. The number of hydrogen-bond donors (Lipinski definition) is 2. The lowest BCUT2D eigenvalue weighted by Gasteiger charge is -2.25. The Balaban J connectivity index is 2.47. The summed E-state index contributed by atoms with van der Waals surface area (Å²) >= 11 is 0. The van der Waals surface area contributed by atoms with Crippen LogP contribution >= 0.6 is 0 Å². The minimum Gasteiger partial charge on any atom is -0.352 e. The molecule has 104 valence electrons. The van der Waals surface area contributed by atoms with Gasteiger partial charge in [-0.05, 0) is 19.9 Å². The molecular weight excluding hydrogens is 244 g/mol. The summed E-state index contributed by atoms with van der Waals surface area (Å²) in [5.41, 5.74) is 0.437. The Morgan fingerprint density at radius 2 is 2.21 bits per heavy atom. The first-order chi connectivity index (χ1) is 8.85. The molecule has 0 aliphatic rings. The zero-order valence-corrected chi connectivity index (χ0v) is 11.6. The van der Waals surface area contributed by atoms with Crippen molar-refractivity contribution in [2.24, 2.45) is 7.05 Å². The smallest absolute Gasteiger partial charge is 0.243 e. The lowest BCUT2D eigenvalue weighted by Crippen LogP contribution is -2.42. The molecule has 19 heavy (non-hydrogen) atoms. The van der Waals surface area contributed by atoms with Crippen molar-refractivity contribution < 1.29 is 9.59 Å². The summed E-state index contributed by atoms with van der Waals surface area (Å²) in [6.45, 7) is 7.44. The molecule has 0 aliphatic carbocycles. The zero-order chi connectivity index (χ0) is 14.5. The Morgan fingerprint density at radius 3 is 2.74 bits per heavy atom. The van der Waals surface area contributed by atoms with Gasteiger partial charge in [0.1, 0.15) is 0 Å². The van der Waals surface area contributed by atoms with Gasteiger partial charge in [-0.3, -0.25) is 14.3 Å². The number of nitrogens with zero attached hydrogens (tertiary/aromatic N) is 2. The van der Waals surface area contributed by atoms with Gasteiger partial charge in [0.05, 0.1) is 11.7 Å². The summed E-state index contributed by atoms with van der Waals surface area (Å²) in [7, 11) is 1.83. The average Bonchev–Trinajstić information content (AvgIpc) is 2.75. The molecule has 0 aliphatic heterocycles. The van der Waals surface area contributed by atoms with Gasteiger partial charge in [0.15, 0.2) is 0 Å². The molecule has 6 nitrogen and oxygen atoms in total. The van der Waals surface area contributed by atoms with E-state index >= 15 is 0 Å². The molecule has 1 heterocycles. The van der Waals surface area contributed by atoms with Crippen LogP contribution in [0.3, 0.4) is 0 Å². The number of carbonyl (C=O) groups excluding carboxylic acids is 2. The molecule has 0 fully saturated rings. The van der Waals surface area contributed by atoms with Crippen LogP contribution in [0.5, 0.6) is 0 Å². The van der Waals surface area contributed by atoms with Gasteiger partial charge in [-0.25, -0.2) is 0 Å². The Hall–Kier alpha value is -2.11. The number of aromatic nitrogens is 2. The first-order valence-electron chi connectivity index (χ1n) is 6.05. The van der Waals surface area contributed by atoms with E-state index in [1.807, 2.05) is 27.1 Å². The maximum absolute atomic E-state index is 11.8. The van der Waals surface area contributed by atoms with E-state index < -0.39 is 5.54 Å². The molecule has 1 aromatic heterocycles. The van der Waals surface area contributed by atoms with Gasteiger partial charge in [0.25, 0.3) is 0 Å². The van der Waals surface area contributed by atoms with Crippen molar-refractivity contribution in [1.82, 2.24) is 20.4 Å². The molecule has 0 unspecified atom stereocenters. The van der Waals surface area contributed by atoms with Gasteiger partial charge in [-0.1, -0.05) is 6.58 Å². The molecule has 0 radical (unpaired) electrons. The van der Waals surface area contributed by atoms with Crippen LogP contribution in [0, 0.1) is 0 Å². The zero-order valence-electron chi connectivity index (χ0n) is 11.6. The van der Waals surface area contributed by atoms with Crippen molar-refractivity contribution in [3.8, 4) is 0 Å².